The molecule has 1 aromatic carbocycles. The summed E-state index contributed by atoms with van der Waals surface area (Å²) < 4.78 is 7.09. The van der Waals surface area contributed by atoms with Crippen LogP contribution in [-0.4, -0.2) is 22.3 Å². The summed E-state index contributed by atoms with van der Waals surface area (Å²) in [6.07, 6.45) is 1.70. The second-order valence-corrected chi connectivity index (χ2v) is 4.46. The molecule has 0 spiro atoms. The first-order valence-corrected chi connectivity index (χ1v) is 6.72. The Morgan fingerprint density at radius 3 is 2.60 bits per heavy atom. The van der Waals surface area contributed by atoms with Crippen LogP contribution in [0.3, 0.4) is 0 Å². The van der Waals surface area contributed by atoms with Crippen molar-refractivity contribution in [1.82, 2.24) is 9.78 Å². The molecule has 2 rings (SSSR count). The van der Waals surface area contributed by atoms with Crippen molar-refractivity contribution in [2.75, 3.05) is 11.9 Å². The van der Waals surface area contributed by atoms with Gasteiger partial charge in [-0.15, -0.1) is 5.10 Å². The topological polar surface area (TPSA) is 56.2 Å². The predicted octanol–water partition coefficient (Wildman–Crippen LogP) is 2.86. The normalized spacial score (nSPS) is 10.3. The van der Waals surface area contributed by atoms with Crippen LogP contribution in [-0.2, 0) is 6.54 Å². The van der Waals surface area contributed by atoms with Crippen LogP contribution in [0, 0.1) is 6.92 Å². The van der Waals surface area contributed by atoms with Crippen LogP contribution in [0.25, 0.3) is 0 Å². The summed E-state index contributed by atoms with van der Waals surface area (Å²) in [6.45, 7) is 7.00. The van der Waals surface area contributed by atoms with E-state index in [9.17, 15) is 4.79 Å². The number of carbonyl (C=O) groups excluding carboxylic acids is 1. The van der Waals surface area contributed by atoms with Crippen molar-refractivity contribution >= 4 is 11.6 Å². The SMILES string of the molecule is CCOc1nn(CC)cc1C(=O)Nc1ccc(C)cc1. The Morgan fingerprint density at radius 2 is 2.00 bits per heavy atom. The van der Waals surface area contributed by atoms with Gasteiger partial charge in [-0.3, -0.25) is 9.48 Å². The van der Waals surface area contributed by atoms with Crippen LogP contribution in [0.5, 0.6) is 5.88 Å². The lowest BCUT2D eigenvalue weighted by atomic mass is 10.2. The summed E-state index contributed by atoms with van der Waals surface area (Å²) in [5, 5.41) is 7.08. The zero-order valence-corrected chi connectivity index (χ0v) is 12.0. The fourth-order valence-corrected chi connectivity index (χ4v) is 1.80. The van der Waals surface area contributed by atoms with Crippen molar-refractivity contribution in [1.29, 1.82) is 0 Å². The summed E-state index contributed by atoms with van der Waals surface area (Å²) in [4.78, 5) is 12.3. The van der Waals surface area contributed by atoms with Gasteiger partial charge >= 0.3 is 0 Å². The molecule has 1 aromatic heterocycles. The van der Waals surface area contributed by atoms with E-state index in [1.165, 1.54) is 0 Å². The zero-order chi connectivity index (χ0) is 14.5. The molecule has 2 aromatic rings. The number of amides is 1. The number of nitrogens with one attached hydrogen (secondary N) is 1. The van der Waals surface area contributed by atoms with Gasteiger partial charge in [0, 0.05) is 18.4 Å². The van der Waals surface area contributed by atoms with E-state index in [2.05, 4.69) is 10.4 Å². The molecule has 0 saturated carbocycles. The molecule has 1 N–H and O–H groups in total. The number of hydrogen-bond acceptors (Lipinski definition) is 3. The van der Waals surface area contributed by atoms with Gasteiger partial charge < -0.3 is 10.1 Å². The highest BCUT2D eigenvalue weighted by Gasteiger charge is 2.17. The zero-order valence-electron chi connectivity index (χ0n) is 12.0. The van der Waals surface area contributed by atoms with Gasteiger partial charge in [-0.05, 0) is 32.9 Å². The van der Waals surface area contributed by atoms with Gasteiger partial charge in [-0.2, -0.15) is 0 Å². The van der Waals surface area contributed by atoms with E-state index in [-0.39, 0.29) is 5.91 Å². The van der Waals surface area contributed by atoms with Crippen molar-refractivity contribution in [2.45, 2.75) is 27.3 Å². The van der Waals surface area contributed by atoms with Crippen LogP contribution < -0.4 is 10.1 Å². The van der Waals surface area contributed by atoms with Crippen LogP contribution in [0.2, 0.25) is 0 Å². The number of rotatable bonds is 5. The number of benzene rings is 1. The van der Waals surface area contributed by atoms with E-state index >= 15 is 0 Å². The van der Waals surface area contributed by atoms with E-state index in [0.717, 1.165) is 11.3 Å². The summed E-state index contributed by atoms with van der Waals surface area (Å²) in [6, 6.07) is 7.65. The number of carbonyl (C=O) groups is 1. The second-order valence-electron chi connectivity index (χ2n) is 4.46. The monoisotopic (exact) mass is 273 g/mol. The lowest BCUT2D eigenvalue weighted by Crippen LogP contribution is -2.12. The summed E-state index contributed by atoms with van der Waals surface area (Å²) in [7, 11) is 0. The van der Waals surface area contributed by atoms with Crippen molar-refractivity contribution < 1.29 is 9.53 Å². The first kappa shape index (κ1) is 14.1. The van der Waals surface area contributed by atoms with Crippen LogP contribution in [0.1, 0.15) is 29.8 Å². The highest BCUT2D eigenvalue weighted by molar-refractivity contribution is 6.05. The third-order valence-electron chi connectivity index (χ3n) is 2.89. The van der Waals surface area contributed by atoms with Gasteiger partial charge in [0.2, 0.25) is 5.88 Å². The van der Waals surface area contributed by atoms with Gasteiger partial charge in [-0.1, -0.05) is 17.7 Å². The fraction of sp³-hybridized carbons (Fsp3) is 0.333. The lowest BCUT2D eigenvalue weighted by molar-refractivity contribution is 0.102. The molecule has 0 aliphatic carbocycles. The molecule has 5 nitrogen and oxygen atoms in total. The fourth-order valence-electron chi connectivity index (χ4n) is 1.80. The molecule has 0 atom stereocenters. The number of ether oxygens (including phenoxy) is 1. The van der Waals surface area contributed by atoms with Crippen molar-refractivity contribution in [3.8, 4) is 5.88 Å². The molecule has 0 aliphatic heterocycles. The minimum atomic E-state index is -0.211. The lowest BCUT2D eigenvalue weighted by Gasteiger charge is -2.05. The van der Waals surface area contributed by atoms with E-state index in [1.54, 1.807) is 10.9 Å². The summed E-state index contributed by atoms with van der Waals surface area (Å²) in [5.74, 6) is 0.163. The standard InChI is InChI=1S/C15H19N3O2/c1-4-18-10-13(15(17-18)20-5-2)14(19)16-12-8-6-11(3)7-9-12/h6-10H,4-5H2,1-3H3,(H,16,19). The molecule has 106 valence electrons. The molecule has 1 amide bonds. The number of nitrogens with zero attached hydrogens (tertiary/aromatic N) is 2. The molecule has 5 heteroatoms. The average molecular weight is 273 g/mol. The molecule has 1 heterocycles. The molecule has 0 fully saturated rings. The molecule has 0 aliphatic rings. The third-order valence-corrected chi connectivity index (χ3v) is 2.89. The van der Waals surface area contributed by atoms with Gasteiger partial charge in [-0.25, -0.2) is 0 Å². The number of hydrogen-bond donors (Lipinski definition) is 1. The molecule has 0 bridgehead atoms. The summed E-state index contributed by atoms with van der Waals surface area (Å²) >= 11 is 0. The molecular formula is C15H19N3O2. The maximum absolute atomic E-state index is 12.3. The van der Waals surface area contributed by atoms with Gasteiger partial charge in [0.1, 0.15) is 5.56 Å². The first-order valence-electron chi connectivity index (χ1n) is 6.72. The van der Waals surface area contributed by atoms with Crippen molar-refractivity contribution in [3.63, 3.8) is 0 Å². The average Bonchev–Trinajstić information content (AvgIpc) is 2.85. The van der Waals surface area contributed by atoms with Crippen molar-refractivity contribution in [2.24, 2.45) is 0 Å². The number of aromatic nitrogens is 2. The van der Waals surface area contributed by atoms with Crippen LogP contribution in [0.15, 0.2) is 30.5 Å². The smallest absolute Gasteiger partial charge is 0.262 e. The Hall–Kier alpha value is -2.30. The van der Waals surface area contributed by atoms with Gasteiger partial charge in [0.05, 0.1) is 6.61 Å². The van der Waals surface area contributed by atoms with Gasteiger partial charge in [0.15, 0.2) is 0 Å². The molecule has 0 radical (unpaired) electrons. The van der Waals surface area contributed by atoms with E-state index < -0.39 is 0 Å². The predicted molar refractivity (Wildman–Crippen MR) is 78.2 cm³/mol. The maximum atomic E-state index is 12.3. The second kappa shape index (κ2) is 6.23. The molecule has 0 saturated heterocycles. The Labute approximate surface area is 118 Å². The molecule has 20 heavy (non-hydrogen) atoms. The highest BCUT2D eigenvalue weighted by atomic mass is 16.5. The summed E-state index contributed by atoms with van der Waals surface area (Å²) in [5.41, 5.74) is 2.36. The van der Waals surface area contributed by atoms with E-state index in [1.807, 2.05) is 45.0 Å². The maximum Gasteiger partial charge on any atom is 0.262 e. The third kappa shape index (κ3) is 3.17. The van der Waals surface area contributed by atoms with Crippen molar-refractivity contribution in [3.05, 3.63) is 41.6 Å². The Kier molecular flexibility index (Phi) is 4.40. The quantitative estimate of drug-likeness (QED) is 0.911. The van der Waals surface area contributed by atoms with Crippen LogP contribution >= 0.6 is 0 Å². The Morgan fingerprint density at radius 1 is 1.30 bits per heavy atom. The largest absolute Gasteiger partial charge is 0.476 e. The number of aryl methyl sites for hydroxylation is 2. The highest BCUT2D eigenvalue weighted by Crippen LogP contribution is 2.18. The number of anilines is 1. The first-order chi connectivity index (χ1) is 9.63. The Balaban J connectivity index is 2.19. The Bertz CT molecular complexity index is 588. The van der Waals surface area contributed by atoms with E-state index in [0.29, 0.717) is 24.6 Å². The minimum Gasteiger partial charge on any atom is -0.476 e. The van der Waals surface area contributed by atoms with Gasteiger partial charge in [0.25, 0.3) is 5.91 Å². The molecular weight excluding hydrogens is 254 g/mol. The minimum absolute atomic E-state index is 0.211. The van der Waals surface area contributed by atoms with E-state index in [4.69, 9.17) is 4.74 Å². The molecule has 0 unspecified atom stereocenters. The van der Waals surface area contributed by atoms with Crippen LogP contribution in [0.4, 0.5) is 5.69 Å².